The first-order valence-corrected chi connectivity index (χ1v) is 13.4. The van der Waals surface area contributed by atoms with E-state index in [1.165, 1.54) is 0 Å². The van der Waals surface area contributed by atoms with E-state index in [1.54, 1.807) is 73.3 Å². The minimum atomic E-state index is -0.443. The molecule has 3 atom stereocenters. The molecule has 3 N–H and O–H groups in total. The summed E-state index contributed by atoms with van der Waals surface area (Å²) in [6.45, 7) is 4.23. The van der Waals surface area contributed by atoms with Crippen molar-refractivity contribution in [3.63, 3.8) is 0 Å². The minimum Gasteiger partial charge on any atom is -0.497 e. The van der Waals surface area contributed by atoms with E-state index < -0.39 is 6.10 Å². The highest BCUT2D eigenvalue weighted by atomic mass is 16.5. The number of ether oxygens (including phenoxy) is 2. The summed E-state index contributed by atoms with van der Waals surface area (Å²) in [4.78, 5) is 41.9. The normalized spacial score (nSPS) is 19.9. The summed E-state index contributed by atoms with van der Waals surface area (Å²) >= 11 is 0. The number of carbonyl (C=O) groups excluding carboxylic acids is 3. The number of fused-ring (bicyclic) bond motifs is 1. The fraction of sp³-hybridized carbons (Fsp3) is 0.483. The third kappa shape index (κ3) is 7.20. The second kappa shape index (κ2) is 12.4. The molecule has 10 heteroatoms. The minimum absolute atomic E-state index is 0.0169. The summed E-state index contributed by atoms with van der Waals surface area (Å²) in [5, 5.41) is 15.6. The number of benzene rings is 2. The Kier molecular flexibility index (Phi) is 8.96. The molecule has 1 saturated carbocycles. The largest absolute Gasteiger partial charge is 0.497 e. The van der Waals surface area contributed by atoms with Crippen molar-refractivity contribution in [2.75, 3.05) is 44.5 Å². The zero-order valence-electron chi connectivity index (χ0n) is 23.0. The highest BCUT2D eigenvalue weighted by Crippen LogP contribution is 2.32. The molecule has 0 unspecified atom stereocenters. The number of urea groups is 1. The van der Waals surface area contributed by atoms with Crippen LogP contribution in [0.15, 0.2) is 42.5 Å². The predicted molar refractivity (Wildman–Crippen MR) is 148 cm³/mol. The molecule has 210 valence electrons. The van der Waals surface area contributed by atoms with Gasteiger partial charge in [0.25, 0.3) is 0 Å². The van der Waals surface area contributed by atoms with Crippen molar-refractivity contribution >= 4 is 29.2 Å². The van der Waals surface area contributed by atoms with Gasteiger partial charge in [-0.15, -0.1) is 0 Å². The molecule has 2 aliphatic rings. The summed E-state index contributed by atoms with van der Waals surface area (Å²) in [6, 6.07) is 11.7. The van der Waals surface area contributed by atoms with E-state index in [9.17, 15) is 19.5 Å². The van der Waals surface area contributed by atoms with Crippen LogP contribution in [0.1, 0.15) is 32.3 Å². The molecule has 1 aliphatic carbocycles. The van der Waals surface area contributed by atoms with Crippen LogP contribution in [-0.4, -0.2) is 78.8 Å². The van der Waals surface area contributed by atoms with Crippen molar-refractivity contribution in [3.05, 3.63) is 48.0 Å². The molecule has 2 aromatic carbocycles. The lowest BCUT2D eigenvalue weighted by Gasteiger charge is -2.34. The van der Waals surface area contributed by atoms with E-state index in [-0.39, 0.29) is 55.3 Å². The van der Waals surface area contributed by atoms with Crippen LogP contribution >= 0.6 is 0 Å². The monoisotopic (exact) mass is 538 g/mol. The van der Waals surface area contributed by atoms with Gasteiger partial charge in [0.2, 0.25) is 11.8 Å². The Bertz CT molecular complexity index is 1180. The maximum Gasteiger partial charge on any atom is 0.321 e. The van der Waals surface area contributed by atoms with Gasteiger partial charge in [-0.05, 0) is 62.2 Å². The average molecular weight is 539 g/mol. The van der Waals surface area contributed by atoms with Gasteiger partial charge in [-0.1, -0.05) is 6.92 Å². The molecule has 39 heavy (non-hydrogen) atoms. The molecule has 1 aliphatic heterocycles. The van der Waals surface area contributed by atoms with Gasteiger partial charge < -0.3 is 35.0 Å². The molecule has 0 spiro atoms. The topological polar surface area (TPSA) is 120 Å². The van der Waals surface area contributed by atoms with E-state index in [2.05, 4.69) is 10.6 Å². The maximum absolute atomic E-state index is 13.4. The van der Waals surface area contributed by atoms with E-state index in [1.807, 2.05) is 6.92 Å². The van der Waals surface area contributed by atoms with Crippen LogP contribution in [0.2, 0.25) is 0 Å². The molecular weight excluding hydrogens is 500 g/mol. The number of amides is 4. The number of nitrogens with zero attached hydrogens (tertiary/aromatic N) is 2. The van der Waals surface area contributed by atoms with Gasteiger partial charge in [0.1, 0.15) is 17.6 Å². The van der Waals surface area contributed by atoms with Crippen LogP contribution in [0.3, 0.4) is 0 Å². The van der Waals surface area contributed by atoms with E-state index in [4.69, 9.17) is 9.47 Å². The third-order valence-corrected chi connectivity index (χ3v) is 7.27. The van der Waals surface area contributed by atoms with Crippen molar-refractivity contribution in [2.24, 2.45) is 11.8 Å². The van der Waals surface area contributed by atoms with Crippen molar-refractivity contribution in [1.29, 1.82) is 0 Å². The van der Waals surface area contributed by atoms with Gasteiger partial charge in [-0.2, -0.15) is 0 Å². The molecule has 0 saturated heterocycles. The second-order valence-electron chi connectivity index (χ2n) is 10.5. The van der Waals surface area contributed by atoms with Crippen molar-refractivity contribution in [1.82, 2.24) is 9.80 Å². The Balaban J connectivity index is 1.55. The Labute approximate surface area is 229 Å². The Morgan fingerprint density at radius 3 is 2.49 bits per heavy atom. The molecule has 1 fully saturated rings. The van der Waals surface area contributed by atoms with Gasteiger partial charge in [-0.3, -0.25) is 9.59 Å². The molecule has 0 bridgehead atoms. The third-order valence-electron chi connectivity index (χ3n) is 7.27. The molecule has 4 rings (SSSR count). The molecule has 0 aromatic heterocycles. The number of hydrogen-bond acceptors (Lipinski definition) is 6. The smallest absolute Gasteiger partial charge is 0.321 e. The van der Waals surface area contributed by atoms with Gasteiger partial charge in [0, 0.05) is 42.4 Å². The number of methoxy groups -OCH3 is 1. The van der Waals surface area contributed by atoms with Gasteiger partial charge in [-0.25, -0.2) is 4.79 Å². The Hall–Kier alpha value is -3.79. The van der Waals surface area contributed by atoms with Crippen LogP contribution in [0.4, 0.5) is 16.2 Å². The fourth-order valence-corrected chi connectivity index (χ4v) is 4.56. The average Bonchev–Trinajstić information content (AvgIpc) is 3.77. The van der Waals surface area contributed by atoms with Crippen LogP contribution in [0.5, 0.6) is 11.5 Å². The van der Waals surface area contributed by atoms with Crippen molar-refractivity contribution in [2.45, 2.75) is 45.3 Å². The first-order chi connectivity index (χ1) is 18.7. The summed E-state index contributed by atoms with van der Waals surface area (Å²) < 4.78 is 11.6. The standard InChI is InChI=1S/C29H38N4O6/c1-18-15-33(19(2)17-34)27(35)14-21-13-23(30-28(36)20-5-6-20)9-12-25(21)39-26(18)16-32(3)29(37)31-22-7-10-24(38-4)11-8-22/h7-13,18-20,26,34H,5-6,14-17H2,1-4H3,(H,30,36)(H,31,37)/t18-,19+,26+/m0/s1. The molecular formula is C29H38N4O6. The molecule has 2 aromatic rings. The number of rotatable bonds is 8. The Morgan fingerprint density at radius 2 is 1.85 bits per heavy atom. The summed E-state index contributed by atoms with van der Waals surface area (Å²) in [5.41, 5.74) is 1.90. The van der Waals surface area contributed by atoms with E-state index >= 15 is 0 Å². The summed E-state index contributed by atoms with van der Waals surface area (Å²) in [7, 11) is 3.27. The molecule has 1 heterocycles. The molecule has 0 radical (unpaired) electrons. The lowest BCUT2D eigenvalue weighted by atomic mass is 10.0. The highest BCUT2D eigenvalue weighted by molar-refractivity contribution is 5.94. The summed E-state index contributed by atoms with van der Waals surface area (Å²) in [6.07, 6.45) is 1.42. The Morgan fingerprint density at radius 1 is 1.15 bits per heavy atom. The second-order valence-corrected chi connectivity index (χ2v) is 10.5. The first kappa shape index (κ1) is 28.2. The fourth-order valence-electron chi connectivity index (χ4n) is 4.56. The number of carbonyl (C=O) groups is 3. The number of nitrogens with one attached hydrogen (secondary N) is 2. The van der Waals surface area contributed by atoms with Gasteiger partial charge in [0.15, 0.2) is 0 Å². The van der Waals surface area contributed by atoms with E-state index in [0.717, 1.165) is 12.8 Å². The number of anilines is 2. The predicted octanol–water partition coefficient (Wildman–Crippen LogP) is 3.36. The van der Waals surface area contributed by atoms with Gasteiger partial charge in [0.05, 0.1) is 32.7 Å². The van der Waals surface area contributed by atoms with Crippen LogP contribution in [-0.2, 0) is 16.0 Å². The zero-order valence-corrected chi connectivity index (χ0v) is 23.0. The zero-order chi connectivity index (χ0) is 28.1. The highest BCUT2D eigenvalue weighted by Gasteiger charge is 2.33. The van der Waals surface area contributed by atoms with Crippen LogP contribution < -0.4 is 20.1 Å². The van der Waals surface area contributed by atoms with Crippen LogP contribution in [0, 0.1) is 11.8 Å². The lowest BCUT2D eigenvalue weighted by molar-refractivity contribution is -0.134. The van der Waals surface area contributed by atoms with Crippen molar-refractivity contribution < 1.29 is 29.0 Å². The van der Waals surface area contributed by atoms with Crippen molar-refractivity contribution in [3.8, 4) is 11.5 Å². The number of aliphatic hydroxyl groups is 1. The number of likely N-dealkylation sites (N-methyl/N-ethyl adjacent to an activating group) is 1. The van der Waals surface area contributed by atoms with Gasteiger partial charge >= 0.3 is 6.03 Å². The maximum atomic E-state index is 13.4. The first-order valence-electron chi connectivity index (χ1n) is 13.4. The lowest BCUT2D eigenvalue weighted by Crippen LogP contribution is -2.48. The van der Waals surface area contributed by atoms with Crippen LogP contribution in [0.25, 0.3) is 0 Å². The SMILES string of the molecule is COc1ccc(NC(=O)N(C)C[C@H]2Oc3ccc(NC(=O)C4CC4)cc3CC(=O)N([C@H](C)CO)C[C@@H]2C)cc1. The quantitative estimate of drug-likeness (QED) is 0.474. The number of hydrogen-bond donors (Lipinski definition) is 3. The molecule has 4 amide bonds. The van der Waals surface area contributed by atoms with E-state index in [0.29, 0.717) is 35.0 Å². The number of aliphatic hydroxyl groups excluding tert-OH is 1. The molecule has 10 nitrogen and oxygen atoms in total. The summed E-state index contributed by atoms with van der Waals surface area (Å²) in [5.74, 6) is 0.978.